The van der Waals surface area contributed by atoms with Crippen LogP contribution in [0.3, 0.4) is 0 Å². The molecule has 2 aromatic rings. The predicted molar refractivity (Wildman–Crippen MR) is 123 cm³/mol. The molecule has 0 saturated heterocycles. The normalized spacial score (nSPS) is 11.5. The van der Waals surface area contributed by atoms with Crippen LogP contribution in [0.4, 0.5) is 0 Å². The Labute approximate surface area is 196 Å². The Hall–Kier alpha value is -4.34. The molecule has 182 valence electrons. The highest BCUT2D eigenvalue weighted by molar-refractivity contribution is 6.11. The second-order valence-corrected chi connectivity index (χ2v) is 6.64. The van der Waals surface area contributed by atoms with Gasteiger partial charge in [0.2, 0.25) is 11.5 Å². The number of hydrogen-bond acceptors (Lipinski definition) is 8. The Balaban J connectivity index is 2.74. The maximum Gasteiger partial charge on any atom is 0.336 e. The van der Waals surface area contributed by atoms with Crippen LogP contribution < -0.4 is 28.4 Å². The number of benzene rings is 2. The quantitative estimate of drug-likeness (QED) is 0.369. The first kappa shape index (κ1) is 25.9. The van der Waals surface area contributed by atoms with Crippen molar-refractivity contribution in [1.29, 1.82) is 0 Å². The number of methoxy groups -OCH3 is 6. The van der Waals surface area contributed by atoms with Crippen molar-refractivity contribution in [2.45, 2.75) is 0 Å². The number of ether oxygens (including phenoxy) is 6. The number of hydrogen-bond donors (Lipinski definition) is 2. The van der Waals surface area contributed by atoms with Crippen LogP contribution in [-0.2, 0) is 9.59 Å². The van der Waals surface area contributed by atoms with Gasteiger partial charge in [-0.3, -0.25) is 0 Å². The molecule has 34 heavy (non-hydrogen) atoms. The molecule has 2 aromatic carbocycles. The van der Waals surface area contributed by atoms with Gasteiger partial charge in [-0.15, -0.1) is 0 Å². The molecule has 0 aromatic heterocycles. The summed E-state index contributed by atoms with van der Waals surface area (Å²) in [5.41, 5.74) is -0.307. The maximum absolute atomic E-state index is 12.1. The second kappa shape index (κ2) is 11.5. The van der Waals surface area contributed by atoms with Gasteiger partial charge in [-0.05, 0) is 47.5 Å². The average molecular weight is 474 g/mol. The van der Waals surface area contributed by atoms with Gasteiger partial charge in [0.25, 0.3) is 0 Å². The number of carboxylic acids is 2. The third kappa shape index (κ3) is 5.52. The van der Waals surface area contributed by atoms with Gasteiger partial charge in [0.15, 0.2) is 23.0 Å². The number of aliphatic carboxylic acids is 2. The lowest BCUT2D eigenvalue weighted by Crippen LogP contribution is -2.11. The van der Waals surface area contributed by atoms with Crippen LogP contribution in [-0.4, -0.2) is 64.8 Å². The van der Waals surface area contributed by atoms with Gasteiger partial charge in [-0.25, -0.2) is 9.59 Å². The molecule has 0 fully saturated rings. The molecule has 0 aliphatic heterocycles. The highest BCUT2D eigenvalue weighted by Crippen LogP contribution is 2.40. The lowest BCUT2D eigenvalue weighted by atomic mass is 9.99. The van der Waals surface area contributed by atoms with Gasteiger partial charge in [0.1, 0.15) is 0 Å². The topological polar surface area (TPSA) is 130 Å². The van der Waals surface area contributed by atoms with E-state index < -0.39 is 23.1 Å². The molecule has 0 spiro atoms. The van der Waals surface area contributed by atoms with Gasteiger partial charge in [-0.2, -0.15) is 0 Å². The molecule has 2 rings (SSSR count). The molecular weight excluding hydrogens is 448 g/mol. The summed E-state index contributed by atoms with van der Waals surface area (Å²) in [5, 5.41) is 19.7. The van der Waals surface area contributed by atoms with Crippen LogP contribution in [0.1, 0.15) is 11.1 Å². The van der Waals surface area contributed by atoms with E-state index in [2.05, 4.69) is 0 Å². The van der Waals surface area contributed by atoms with Crippen molar-refractivity contribution in [2.75, 3.05) is 42.7 Å². The number of carbonyl (C=O) groups is 2. The van der Waals surface area contributed by atoms with E-state index in [0.29, 0.717) is 22.6 Å². The average Bonchev–Trinajstić information content (AvgIpc) is 2.84. The first-order valence-electron chi connectivity index (χ1n) is 9.74. The molecule has 0 unspecified atom stereocenters. The molecule has 0 aliphatic rings. The first-order chi connectivity index (χ1) is 16.2. The van der Waals surface area contributed by atoms with Crippen molar-refractivity contribution in [3.63, 3.8) is 0 Å². The van der Waals surface area contributed by atoms with Gasteiger partial charge in [-0.1, -0.05) is 0 Å². The smallest absolute Gasteiger partial charge is 0.336 e. The highest BCUT2D eigenvalue weighted by Gasteiger charge is 2.22. The van der Waals surface area contributed by atoms with Crippen molar-refractivity contribution in [1.82, 2.24) is 0 Å². The van der Waals surface area contributed by atoms with E-state index in [-0.39, 0.29) is 23.0 Å². The molecule has 2 N–H and O–H groups in total. The summed E-state index contributed by atoms with van der Waals surface area (Å²) in [4.78, 5) is 24.2. The minimum atomic E-state index is -1.45. The van der Waals surface area contributed by atoms with Crippen molar-refractivity contribution in [3.05, 3.63) is 46.5 Å². The van der Waals surface area contributed by atoms with E-state index >= 15 is 0 Å². The zero-order valence-electron chi connectivity index (χ0n) is 19.6. The number of rotatable bonds is 11. The molecule has 0 amide bonds. The fourth-order valence-corrected chi connectivity index (χ4v) is 3.21. The van der Waals surface area contributed by atoms with Crippen LogP contribution in [0.2, 0.25) is 0 Å². The molecule has 10 nitrogen and oxygen atoms in total. The predicted octanol–water partition coefficient (Wildman–Crippen LogP) is 3.37. The van der Waals surface area contributed by atoms with Crippen molar-refractivity contribution in [2.24, 2.45) is 0 Å². The summed E-state index contributed by atoms with van der Waals surface area (Å²) < 4.78 is 31.7. The fourth-order valence-electron chi connectivity index (χ4n) is 3.21. The molecule has 10 heteroatoms. The van der Waals surface area contributed by atoms with Gasteiger partial charge in [0.05, 0.1) is 53.8 Å². The Morgan fingerprint density at radius 1 is 0.559 bits per heavy atom. The molecule has 0 atom stereocenters. The lowest BCUT2D eigenvalue weighted by molar-refractivity contribution is -0.136. The Morgan fingerprint density at radius 2 is 0.824 bits per heavy atom. The summed E-state index contributed by atoms with van der Waals surface area (Å²) in [5.74, 6) is -1.15. The Kier molecular flexibility index (Phi) is 8.77. The van der Waals surface area contributed by atoms with Crippen LogP contribution in [0.5, 0.6) is 34.5 Å². The molecular formula is C24H26O10. The van der Waals surface area contributed by atoms with E-state index in [9.17, 15) is 19.8 Å². The summed E-state index contributed by atoms with van der Waals surface area (Å²) in [6.45, 7) is 0. The van der Waals surface area contributed by atoms with Crippen LogP contribution >= 0.6 is 0 Å². The lowest BCUT2D eigenvalue weighted by Gasteiger charge is -2.14. The van der Waals surface area contributed by atoms with E-state index in [1.165, 1.54) is 79.1 Å². The van der Waals surface area contributed by atoms with Crippen LogP contribution in [0.25, 0.3) is 12.2 Å². The standard InChI is InChI=1S/C24H26O10/c1-29-17-9-13(10-18(30-2)21(17)33-5)7-15(23(25)26)16(24(27)28)8-14-11-19(31-3)22(34-6)20(12-14)32-4/h7-12H,1-6H3,(H,25,26)(H,27,28). The molecule has 0 heterocycles. The molecule has 0 bridgehead atoms. The van der Waals surface area contributed by atoms with Crippen LogP contribution in [0.15, 0.2) is 35.4 Å². The van der Waals surface area contributed by atoms with Gasteiger partial charge < -0.3 is 38.6 Å². The Bertz CT molecular complexity index is 991. The summed E-state index contributed by atoms with van der Waals surface area (Å²) in [7, 11) is 8.51. The zero-order valence-corrected chi connectivity index (χ0v) is 19.6. The summed E-state index contributed by atoms with van der Waals surface area (Å²) in [6, 6.07) is 6.01. The van der Waals surface area contributed by atoms with Crippen molar-refractivity contribution < 1.29 is 48.2 Å². The minimum absolute atomic E-state index is 0.281. The number of carboxylic acid groups (broad SMARTS) is 2. The SMILES string of the molecule is COc1cc(C=C(C(=O)O)C(=Cc2cc(OC)c(OC)c(OC)c2)C(=O)O)cc(OC)c1OC. The Morgan fingerprint density at radius 3 is 1.00 bits per heavy atom. The summed E-state index contributed by atoms with van der Waals surface area (Å²) in [6.07, 6.45) is 2.40. The minimum Gasteiger partial charge on any atom is -0.493 e. The highest BCUT2D eigenvalue weighted by atomic mass is 16.5. The van der Waals surface area contributed by atoms with E-state index in [1.54, 1.807) is 0 Å². The molecule has 0 aliphatic carbocycles. The second-order valence-electron chi connectivity index (χ2n) is 6.64. The van der Waals surface area contributed by atoms with Crippen molar-refractivity contribution >= 4 is 24.1 Å². The largest absolute Gasteiger partial charge is 0.493 e. The third-order valence-corrected chi connectivity index (χ3v) is 4.75. The van der Waals surface area contributed by atoms with Crippen LogP contribution in [0, 0.1) is 0 Å². The molecule has 0 saturated carbocycles. The maximum atomic E-state index is 12.1. The van der Waals surface area contributed by atoms with E-state index in [0.717, 1.165) is 0 Å². The fraction of sp³-hybridized carbons (Fsp3) is 0.250. The molecule has 0 radical (unpaired) electrons. The zero-order chi connectivity index (χ0) is 25.4. The van der Waals surface area contributed by atoms with Gasteiger partial charge >= 0.3 is 11.9 Å². The monoisotopic (exact) mass is 474 g/mol. The van der Waals surface area contributed by atoms with Gasteiger partial charge in [0, 0.05) is 0 Å². The van der Waals surface area contributed by atoms with E-state index in [1.807, 2.05) is 0 Å². The summed E-state index contributed by atoms with van der Waals surface area (Å²) >= 11 is 0. The third-order valence-electron chi connectivity index (χ3n) is 4.75. The van der Waals surface area contributed by atoms with E-state index in [4.69, 9.17) is 28.4 Å². The first-order valence-corrected chi connectivity index (χ1v) is 9.74. The van der Waals surface area contributed by atoms with Crippen molar-refractivity contribution in [3.8, 4) is 34.5 Å².